The van der Waals surface area contributed by atoms with E-state index in [0.717, 1.165) is 33.7 Å². The van der Waals surface area contributed by atoms with Gasteiger partial charge < -0.3 is 4.90 Å². The first-order valence-electron chi connectivity index (χ1n) is 11.8. The molecule has 0 radical (unpaired) electrons. The minimum Gasteiger partial charge on any atom is -0.300 e. The summed E-state index contributed by atoms with van der Waals surface area (Å²) in [5, 5.41) is 5.48. The summed E-state index contributed by atoms with van der Waals surface area (Å²) in [7, 11) is 1.92. The van der Waals surface area contributed by atoms with E-state index in [1.165, 1.54) is 50.8 Å². The largest absolute Gasteiger partial charge is 0.300 e. The zero-order valence-electron chi connectivity index (χ0n) is 18.8. The first-order chi connectivity index (χ1) is 15.5. The predicted octanol–water partition coefficient (Wildman–Crippen LogP) is 4.29. The number of piperidine rings is 1. The van der Waals surface area contributed by atoms with Crippen LogP contribution in [0.5, 0.6) is 0 Å². The van der Waals surface area contributed by atoms with E-state index in [1.807, 2.05) is 31.6 Å². The third-order valence-corrected chi connectivity index (χ3v) is 7.47. The van der Waals surface area contributed by atoms with Gasteiger partial charge in [-0.05, 0) is 74.9 Å². The molecule has 1 aliphatic heterocycles. The van der Waals surface area contributed by atoms with Gasteiger partial charge >= 0.3 is 0 Å². The second-order valence-electron chi connectivity index (χ2n) is 9.60. The Labute approximate surface area is 187 Å². The van der Waals surface area contributed by atoms with Crippen molar-refractivity contribution in [2.75, 3.05) is 13.1 Å². The van der Waals surface area contributed by atoms with Crippen LogP contribution in [0.2, 0.25) is 0 Å². The van der Waals surface area contributed by atoms with Crippen molar-refractivity contribution in [3.05, 3.63) is 64.2 Å². The molecule has 6 heteroatoms. The molecule has 0 atom stereocenters. The molecule has 1 saturated heterocycles. The fraction of sp³-hybridized carbons (Fsp3) is 0.423. The van der Waals surface area contributed by atoms with Crippen LogP contribution in [0.4, 0.5) is 0 Å². The summed E-state index contributed by atoms with van der Waals surface area (Å²) in [6.45, 7) is 4.42. The van der Waals surface area contributed by atoms with Gasteiger partial charge in [0.25, 0.3) is 5.56 Å². The lowest BCUT2D eigenvalue weighted by Gasteiger charge is -2.42. The molecule has 1 aliphatic carbocycles. The van der Waals surface area contributed by atoms with Crippen molar-refractivity contribution in [2.45, 2.75) is 51.0 Å². The van der Waals surface area contributed by atoms with E-state index in [0.29, 0.717) is 11.6 Å². The molecule has 4 aromatic rings. The second-order valence-corrected chi connectivity index (χ2v) is 9.60. The van der Waals surface area contributed by atoms with Gasteiger partial charge in [-0.3, -0.25) is 13.9 Å². The van der Waals surface area contributed by atoms with E-state index in [9.17, 15) is 4.79 Å². The van der Waals surface area contributed by atoms with Gasteiger partial charge in [-0.25, -0.2) is 4.98 Å². The third kappa shape index (κ3) is 3.34. The lowest BCUT2D eigenvalue weighted by atomic mass is 9.85. The summed E-state index contributed by atoms with van der Waals surface area (Å²) in [5.41, 5.74) is 5.66. The zero-order chi connectivity index (χ0) is 21.8. The zero-order valence-corrected chi connectivity index (χ0v) is 18.8. The van der Waals surface area contributed by atoms with Crippen molar-refractivity contribution in [3.8, 4) is 11.3 Å². The van der Waals surface area contributed by atoms with E-state index in [1.54, 1.807) is 15.1 Å². The quantitative estimate of drug-likeness (QED) is 0.489. The Morgan fingerprint density at radius 1 is 1.00 bits per heavy atom. The van der Waals surface area contributed by atoms with Crippen LogP contribution in [0.25, 0.3) is 27.8 Å². The lowest BCUT2D eigenvalue weighted by Crippen LogP contribution is -2.44. The van der Waals surface area contributed by atoms with Crippen molar-refractivity contribution >= 4 is 16.6 Å². The molecule has 1 aromatic carbocycles. The fourth-order valence-electron chi connectivity index (χ4n) is 5.42. The van der Waals surface area contributed by atoms with Gasteiger partial charge in [0.2, 0.25) is 0 Å². The molecule has 0 spiro atoms. The van der Waals surface area contributed by atoms with Gasteiger partial charge in [-0.2, -0.15) is 5.10 Å². The molecule has 0 amide bonds. The summed E-state index contributed by atoms with van der Waals surface area (Å²) in [5.74, 6) is 0.522. The van der Waals surface area contributed by atoms with E-state index >= 15 is 0 Å². The molecule has 0 bridgehead atoms. The molecule has 2 aliphatic rings. The van der Waals surface area contributed by atoms with Crippen molar-refractivity contribution in [1.29, 1.82) is 0 Å². The number of aryl methyl sites for hydroxylation is 2. The molecule has 0 N–H and O–H groups in total. The van der Waals surface area contributed by atoms with Gasteiger partial charge in [0.05, 0.1) is 11.2 Å². The highest BCUT2D eigenvalue weighted by Gasteiger charge is 2.29. The summed E-state index contributed by atoms with van der Waals surface area (Å²) >= 11 is 0. The van der Waals surface area contributed by atoms with Crippen LogP contribution >= 0.6 is 0 Å². The number of nitrogens with zero attached hydrogens (tertiary/aromatic N) is 5. The highest BCUT2D eigenvalue weighted by molar-refractivity contribution is 5.83. The Kier molecular flexibility index (Phi) is 4.65. The van der Waals surface area contributed by atoms with Gasteiger partial charge in [0, 0.05) is 42.5 Å². The SMILES string of the molecule is Cc1cc(C2CCN(C3CCC3)CC2)cn2c(=O)cc(-c3ccc4nn(C)cc4c3)nc12. The van der Waals surface area contributed by atoms with E-state index in [-0.39, 0.29) is 5.56 Å². The topological polar surface area (TPSA) is 55.4 Å². The monoisotopic (exact) mass is 427 g/mol. The first kappa shape index (κ1) is 19.7. The van der Waals surface area contributed by atoms with Crippen LogP contribution in [-0.4, -0.2) is 43.2 Å². The average Bonchev–Trinajstić information content (AvgIpc) is 3.12. The Morgan fingerprint density at radius 2 is 1.81 bits per heavy atom. The Bertz CT molecular complexity index is 1370. The Morgan fingerprint density at radius 3 is 2.56 bits per heavy atom. The molecule has 6 nitrogen and oxygen atoms in total. The fourth-order valence-corrected chi connectivity index (χ4v) is 5.42. The second kappa shape index (κ2) is 7.55. The summed E-state index contributed by atoms with van der Waals surface area (Å²) in [4.78, 5) is 20.7. The van der Waals surface area contributed by atoms with E-state index in [2.05, 4.69) is 29.1 Å². The number of benzene rings is 1. The highest BCUT2D eigenvalue weighted by Crippen LogP contribution is 2.34. The van der Waals surface area contributed by atoms with Crippen LogP contribution in [0.3, 0.4) is 0 Å². The normalized spacial score (nSPS) is 18.4. The number of rotatable bonds is 3. The van der Waals surface area contributed by atoms with Crippen LogP contribution in [0.15, 0.2) is 47.5 Å². The summed E-state index contributed by atoms with van der Waals surface area (Å²) in [6.07, 6.45) is 10.5. The molecular formula is C26H29N5O. The van der Waals surface area contributed by atoms with E-state index < -0.39 is 0 Å². The van der Waals surface area contributed by atoms with Crippen molar-refractivity contribution in [3.63, 3.8) is 0 Å². The number of pyridine rings is 1. The van der Waals surface area contributed by atoms with Crippen LogP contribution in [0.1, 0.15) is 49.1 Å². The molecule has 2 fully saturated rings. The first-order valence-corrected chi connectivity index (χ1v) is 11.8. The number of fused-ring (bicyclic) bond motifs is 2. The summed E-state index contributed by atoms with van der Waals surface area (Å²) in [6, 6.07) is 10.8. The average molecular weight is 428 g/mol. The molecular weight excluding hydrogens is 398 g/mol. The number of hydrogen-bond acceptors (Lipinski definition) is 4. The van der Waals surface area contributed by atoms with Crippen LogP contribution < -0.4 is 5.56 Å². The van der Waals surface area contributed by atoms with Crippen LogP contribution in [-0.2, 0) is 7.05 Å². The Hall–Kier alpha value is -2.99. The molecule has 6 rings (SSSR count). The molecule has 164 valence electrons. The molecule has 3 aromatic heterocycles. The van der Waals surface area contributed by atoms with Crippen LogP contribution in [0, 0.1) is 6.92 Å². The smallest absolute Gasteiger partial charge is 0.258 e. The van der Waals surface area contributed by atoms with Gasteiger partial charge in [0.15, 0.2) is 0 Å². The maximum absolute atomic E-state index is 13.1. The maximum Gasteiger partial charge on any atom is 0.258 e. The maximum atomic E-state index is 13.1. The lowest BCUT2D eigenvalue weighted by molar-refractivity contribution is 0.0975. The Balaban J connectivity index is 1.33. The predicted molar refractivity (Wildman–Crippen MR) is 127 cm³/mol. The number of likely N-dealkylation sites (tertiary alicyclic amines) is 1. The van der Waals surface area contributed by atoms with Gasteiger partial charge in [0.1, 0.15) is 5.65 Å². The summed E-state index contributed by atoms with van der Waals surface area (Å²) < 4.78 is 3.55. The minimum atomic E-state index is -0.0202. The van der Waals surface area contributed by atoms with E-state index in [4.69, 9.17) is 4.98 Å². The number of aromatic nitrogens is 4. The molecule has 32 heavy (non-hydrogen) atoms. The molecule has 1 saturated carbocycles. The van der Waals surface area contributed by atoms with Crippen molar-refractivity contribution < 1.29 is 0 Å². The standard InChI is InChI=1S/C26H29N5O/c1-17-12-20(18-8-10-30(11-9-18)22-4-3-5-22)16-31-25(32)14-24(27-26(17)31)19-6-7-23-21(13-19)15-29(2)28-23/h6-7,12-16,18,22H,3-5,8-11H2,1-2H3. The van der Waals surface area contributed by atoms with Crippen molar-refractivity contribution in [1.82, 2.24) is 24.1 Å². The minimum absolute atomic E-state index is 0.0202. The van der Waals surface area contributed by atoms with Gasteiger partial charge in [-0.1, -0.05) is 18.6 Å². The molecule has 0 unspecified atom stereocenters. The highest BCUT2D eigenvalue weighted by atomic mass is 16.1. The molecule has 4 heterocycles. The van der Waals surface area contributed by atoms with Gasteiger partial charge in [-0.15, -0.1) is 0 Å². The van der Waals surface area contributed by atoms with Crippen molar-refractivity contribution in [2.24, 2.45) is 7.05 Å². The number of hydrogen-bond donors (Lipinski definition) is 0. The third-order valence-electron chi connectivity index (χ3n) is 7.47.